The van der Waals surface area contributed by atoms with Crippen LogP contribution in [0.5, 0.6) is 0 Å². The summed E-state index contributed by atoms with van der Waals surface area (Å²) in [4.78, 5) is 17.9. The number of hydrogen-bond donors (Lipinski definition) is 0. The number of piperidine rings is 1. The first kappa shape index (κ1) is 15.2. The predicted octanol–water partition coefficient (Wildman–Crippen LogP) is 3.05. The minimum atomic E-state index is -0.179. The molecule has 23 heavy (non-hydrogen) atoms. The number of carbonyl (C=O) groups excluding carboxylic acids is 1. The van der Waals surface area contributed by atoms with Crippen LogP contribution in [0.15, 0.2) is 30.3 Å². The Morgan fingerprint density at radius 1 is 1.04 bits per heavy atom. The van der Waals surface area contributed by atoms with Gasteiger partial charge in [0, 0.05) is 19.6 Å². The maximum atomic E-state index is 13.1. The summed E-state index contributed by atoms with van der Waals surface area (Å²) in [6, 6.07) is 10.4. The number of carbonyl (C=O) groups is 1. The summed E-state index contributed by atoms with van der Waals surface area (Å²) in [6.07, 6.45) is 7.35. The van der Waals surface area contributed by atoms with E-state index in [2.05, 4.69) is 34.1 Å². The zero-order valence-electron chi connectivity index (χ0n) is 14.0. The Hall–Kier alpha value is -1.35. The van der Waals surface area contributed by atoms with Gasteiger partial charge >= 0.3 is 0 Å². The normalized spacial score (nSPS) is 27.1. The second-order valence-corrected chi connectivity index (χ2v) is 7.72. The Morgan fingerprint density at radius 2 is 1.78 bits per heavy atom. The van der Waals surface area contributed by atoms with Gasteiger partial charge in [-0.1, -0.05) is 36.8 Å². The SMILES string of the molecule is O=C(N1CCC(CN2CCCCC2)C1)C1(c2ccccc2)CC1. The van der Waals surface area contributed by atoms with Gasteiger partial charge in [-0.3, -0.25) is 4.79 Å². The highest BCUT2D eigenvalue weighted by atomic mass is 16.2. The fourth-order valence-corrected chi connectivity index (χ4v) is 4.48. The summed E-state index contributed by atoms with van der Waals surface area (Å²) in [7, 11) is 0. The molecule has 1 atom stereocenters. The lowest BCUT2D eigenvalue weighted by atomic mass is 9.94. The van der Waals surface area contributed by atoms with Crippen molar-refractivity contribution in [3.05, 3.63) is 35.9 Å². The molecule has 3 aliphatic rings. The average molecular weight is 312 g/mol. The highest BCUT2D eigenvalue weighted by molar-refractivity contribution is 5.91. The van der Waals surface area contributed by atoms with E-state index in [1.165, 1.54) is 50.9 Å². The van der Waals surface area contributed by atoms with E-state index in [0.29, 0.717) is 11.8 Å². The van der Waals surface area contributed by atoms with Crippen LogP contribution >= 0.6 is 0 Å². The van der Waals surface area contributed by atoms with Crippen molar-refractivity contribution in [1.29, 1.82) is 0 Å². The third kappa shape index (κ3) is 3.03. The topological polar surface area (TPSA) is 23.6 Å². The van der Waals surface area contributed by atoms with Crippen molar-refractivity contribution < 1.29 is 4.79 Å². The van der Waals surface area contributed by atoms with Crippen molar-refractivity contribution in [2.75, 3.05) is 32.7 Å². The highest BCUT2D eigenvalue weighted by Crippen LogP contribution is 2.50. The fraction of sp³-hybridized carbons (Fsp3) is 0.650. The van der Waals surface area contributed by atoms with Gasteiger partial charge in [0.05, 0.1) is 5.41 Å². The maximum absolute atomic E-state index is 13.1. The molecule has 0 aromatic heterocycles. The Kier molecular flexibility index (Phi) is 4.14. The van der Waals surface area contributed by atoms with E-state index >= 15 is 0 Å². The maximum Gasteiger partial charge on any atom is 0.233 e. The summed E-state index contributed by atoms with van der Waals surface area (Å²) in [6.45, 7) is 5.66. The summed E-state index contributed by atoms with van der Waals surface area (Å²) >= 11 is 0. The Labute approximate surface area is 139 Å². The Balaban J connectivity index is 1.37. The van der Waals surface area contributed by atoms with Crippen LogP contribution in [-0.2, 0) is 10.2 Å². The number of nitrogens with zero attached hydrogens (tertiary/aromatic N) is 2. The van der Waals surface area contributed by atoms with Crippen LogP contribution in [0.3, 0.4) is 0 Å². The molecule has 2 heterocycles. The smallest absolute Gasteiger partial charge is 0.233 e. The molecule has 2 saturated heterocycles. The summed E-state index contributed by atoms with van der Waals surface area (Å²) < 4.78 is 0. The largest absolute Gasteiger partial charge is 0.342 e. The third-order valence-electron chi connectivity index (χ3n) is 6.02. The molecule has 0 bridgehead atoms. The number of amides is 1. The molecular formula is C20H28N2O. The van der Waals surface area contributed by atoms with E-state index < -0.39 is 0 Å². The fourth-order valence-electron chi connectivity index (χ4n) is 4.48. The van der Waals surface area contributed by atoms with Gasteiger partial charge in [0.2, 0.25) is 5.91 Å². The van der Waals surface area contributed by atoms with Crippen LogP contribution in [0.1, 0.15) is 44.1 Å². The van der Waals surface area contributed by atoms with Crippen molar-refractivity contribution in [2.45, 2.75) is 43.9 Å². The summed E-state index contributed by atoms with van der Waals surface area (Å²) in [5.74, 6) is 1.08. The molecule has 124 valence electrons. The molecule has 1 unspecified atom stereocenters. The minimum absolute atomic E-state index is 0.179. The van der Waals surface area contributed by atoms with Crippen molar-refractivity contribution in [3.8, 4) is 0 Å². The minimum Gasteiger partial charge on any atom is -0.342 e. The standard InChI is InChI=1S/C20H28N2O/c23-19(20(10-11-20)18-7-3-1-4-8-18)22-14-9-17(16-22)15-21-12-5-2-6-13-21/h1,3-4,7-8,17H,2,5-6,9-16H2. The van der Waals surface area contributed by atoms with Crippen LogP contribution in [-0.4, -0.2) is 48.4 Å². The van der Waals surface area contributed by atoms with Gasteiger partial charge in [-0.2, -0.15) is 0 Å². The molecule has 3 fully saturated rings. The highest BCUT2D eigenvalue weighted by Gasteiger charge is 2.53. The first-order valence-electron chi connectivity index (χ1n) is 9.35. The van der Waals surface area contributed by atoms with Crippen molar-refractivity contribution in [3.63, 3.8) is 0 Å². The van der Waals surface area contributed by atoms with E-state index in [0.717, 1.165) is 25.9 Å². The van der Waals surface area contributed by atoms with Gasteiger partial charge in [0.1, 0.15) is 0 Å². The molecule has 0 spiro atoms. The number of hydrogen-bond acceptors (Lipinski definition) is 2. The van der Waals surface area contributed by atoms with Gasteiger partial charge in [-0.05, 0) is 56.7 Å². The molecule has 1 aliphatic carbocycles. The number of likely N-dealkylation sites (tertiary alicyclic amines) is 2. The van der Waals surface area contributed by atoms with Gasteiger partial charge in [-0.15, -0.1) is 0 Å². The lowest BCUT2D eigenvalue weighted by Gasteiger charge is -2.29. The molecular weight excluding hydrogens is 284 g/mol. The van der Waals surface area contributed by atoms with Crippen LogP contribution in [0.2, 0.25) is 0 Å². The predicted molar refractivity (Wildman–Crippen MR) is 92.3 cm³/mol. The lowest BCUT2D eigenvalue weighted by Crippen LogP contribution is -2.39. The third-order valence-corrected chi connectivity index (χ3v) is 6.02. The van der Waals surface area contributed by atoms with Crippen molar-refractivity contribution in [1.82, 2.24) is 9.80 Å². The summed E-state index contributed by atoms with van der Waals surface area (Å²) in [5, 5.41) is 0. The van der Waals surface area contributed by atoms with Gasteiger partial charge in [-0.25, -0.2) is 0 Å². The van der Waals surface area contributed by atoms with E-state index in [1.54, 1.807) is 0 Å². The molecule has 3 heteroatoms. The molecule has 0 N–H and O–H groups in total. The van der Waals surface area contributed by atoms with Crippen LogP contribution in [0.4, 0.5) is 0 Å². The molecule has 0 radical (unpaired) electrons. The molecule has 1 aromatic carbocycles. The number of benzene rings is 1. The molecule has 4 rings (SSSR count). The quantitative estimate of drug-likeness (QED) is 0.853. The van der Waals surface area contributed by atoms with Crippen molar-refractivity contribution >= 4 is 5.91 Å². The van der Waals surface area contributed by atoms with Crippen molar-refractivity contribution in [2.24, 2.45) is 5.92 Å². The Bertz CT molecular complexity index is 546. The van der Waals surface area contributed by atoms with Gasteiger partial charge in [0.25, 0.3) is 0 Å². The second kappa shape index (κ2) is 6.27. The van der Waals surface area contributed by atoms with E-state index in [9.17, 15) is 4.79 Å². The zero-order chi connectivity index (χ0) is 15.7. The van der Waals surface area contributed by atoms with Crippen LogP contribution < -0.4 is 0 Å². The number of rotatable bonds is 4. The first-order valence-corrected chi connectivity index (χ1v) is 9.35. The molecule has 2 aliphatic heterocycles. The zero-order valence-corrected chi connectivity index (χ0v) is 14.0. The molecule has 1 amide bonds. The van der Waals surface area contributed by atoms with Gasteiger partial charge in [0.15, 0.2) is 0 Å². The molecule has 1 aromatic rings. The molecule has 3 nitrogen and oxygen atoms in total. The van der Waals surface area contributed by atoms with Crippen LogP contribution in [0, 0.1) is 5.92 Å². The average Bonchev–Trinajstić information content (AvgIpc) is 3.30. The van der Waals surface area contributed by atoms with E-state index in [1.807, 2.05) is 6.07 Å². The van der Waals surface area contributed by atoms with E-state index in [-0.39, 0.29) is 5.41 Å². The summed E-state index contributed by atoms with van der Waals surface area (Å²) in [5.41, 5.74) is 1.05. The van der Waals surface area contributed by atoms with Crippen LogP contribution in [0.25, 0.3) is 0 Å². The Morgan fingerprint density at radius 3 is 2.48 bits per heavy atom. The monoisotopic (exact) mass is 312 g/mol. The lowest BCUT2D eigenvalue weighted by molar-refractivity contribution is -0.133. The van der Waals surface area contributed by atoms with E-state index in [4.69, 9.17) is 0 Å². The molecule has 1 saturated carbocycles. The van der Waals surface area contributed by atoms with Gasteiger partial charge < -0.3 is 9.80 Å². The first-order chi connectivity index (χ1) is 11.3. The second-order valence-electron chi connectivity index (χ2n) is 7.72.